The highest BCUT2D eigenvalue weighted by Crippen LogP contribution is 2.24. The van der Waals surface area contributed by atoms with Gasteiger partial charge in [-0.3, -0.25) is 0 Å². The smallest absolute Gasteiger partial charge is 0.132 e. The topological polar surface area (TPSA) is 21.6 Å². The van der Waals surface area contributed by atoms with Crippen molar-refractivity contribution in [1.82, 2.24) is 0 Å². The van der Waals surface area contributed by atoms with Crippen LogP contribution in [0.3, 0.4) is 0 Å². The first-order chi connectivity index (χ1) is 7.42. The highest BCUT2D eigenvalue weighted by Gasteiger charge is 2.09. The molecule has 0 unspecified atom stereocenters. The Labute approximate surface area is 100 Å². The van der Waals surface area contributed by atoms with Crippen LogP contribution in [-0.4, -0.2) is 18.1 Å². The molecule has 0 saturated carbocycles. The lowest BCUT2D eigenvalue weighted by Crippen LogP contribution is -2.05. The molecule has 0 radical (unpaired) electrons. The number of rotatable bonds is 3. The van der Waals surface area contributed by atoms with Crippen LogP contribution in [0.25, 0.3) is 0 Å². The van der Waals surface area contributed by atoms with Crippen molar-refractivity contribution in [3.63, 3.8) is 0 Å². The first-order valence-corrected chi connectivity index (χ1v) is 5.75. The Balaban J connectivity index is 2.80. The number of methoxy groups -OCH3 is 1. The molecule has 88 valence electrons. The molecule has 0 aliphatic heterocycles. The molecule has 0 fully saturated rings. The van der Waals surface area contributed by atoms with Crippen LogP contribution in [0.1, 0.15) is 26.3 Å². The summed E-state index contributed by atoms with van der Waals surface area (Å²) in [6.45, 7) is 6.16. The van der Waals surface area contributed by atoms with E-state index in [0.717, 1.165) is 0 Å². The molecule has 4 heteroatoms. The normalized spacial score (nSPS) is 12.1. The van der Waals surface area contributed by atoms with Crippen LogP contribution in [0.5, 0.6) is 5.75 Å². The molecule has 0 atom stereocenters. The van der Waals surface area contributed by atoms with E-state index >= 15 is 0 Å². The molecule has 0 aliphatic rings. The summed E-state index contributed by atoms with van der Waals surface area (Å²) < 4.78 is 22.6. The lowest BCUT2D eigenvalue weighted by molar-refractivity contribution is 0.413. The molecular formula is C12H16FNOS. The molecule has 16 heavy (non-hydrogen) atoms. The van der Waals surface area contributed by atoms with Crippen molar-refractivity contribution >= 4 is 18.2 Å². The van der Waals surface area contributed by atoms with Gasteiger partial charge >= 0.3 is 0 Å². The van der Waals surface area contributed by atoms with E-state index in [0.29, 0.717) is 11.3 Å². The molecule has 1 rings (SSSR count). The van der Waals surface area contributed by atoms with Gasteiger partial charge in [0, 0.05) is 16.5 Å². The minimum absolute atomic E-state index is 0.0336. The number of nitrogens with zero attached hydrogens (tertiary/aromatic N) is 1. The SMILES string of the molecule is COc1ccc(F)c(C=NSC(C)(C)C)c1. The summed E-state index contributed by atoms with van der Waals surface area (Å²) in [6, 6.07) is 4.59. The monoisotopic (exact) mass is 241 g/mol. The Morgan fingerprint density at radius 2 is 2.06 bits per heavy atom. The fourth-order valence-electron chi connectivity index (χ4n) is 0.989. The zero-order valence-corrected chi connectivity index (χ0v) is 10.8. The Hall–Kier alpha value is -1.03. The maximum absolute atomic E-state index is 13.4. The summed E-state index contributed by atoms with van der Waals surface area (Å²) >= 11 is 1.41. The van der Waals surface area contributed by atoms with Crippen LogP contribution in [0, 0.1) is 5.82 Å². The molecule has 0 heterocycles. The molecule has 0 aromatic heterocycles. The second-order valence-electron chi connectivity index (χ2n) is 4.33. The van der Waals surface area contributed by atoms with Crippen molar-refractivity contribution in [1.29, 1.82) is 0 Å². The molecule has 0 amide bonds. The Kier molecular flexibility index (Phi) is 4.35. The van der Waals surface area contributed by atoms with E-state index in [1.165, 1.54) is 24.2 Å². The van der Waals surface area contributed by atoms with Gasteiger partial charge in [0.1, 0.15) is 11.6 Å². The summed E-state index contributed by atoms with van der Waals surface area (Å²) in [5.74, 6) is 0.336. The van der Waals surface area contributed by atoms with E-state index in [2.05, 4.69) is 25.2 Å². The average Bonchev–Trinajstić information content (AvgIpc) is 2.19. The van der Waals surface area contributed by atoms with Crippen LogP contribution in [0.4, 0.5) is 4.39 Å². The highest BCUT2D eigenvalue weighted by molar-refractivity contribution is 7.99. The van der Waals surface area contributed by atoms with Gasteiger partial charge in [0.15, 0.2) is 0 Å². The number of hydrogen-bond donors (Lipinski definition) is 0. The number of hydrogen-bond acceptors (Lipinski definition) is 3. The van der Waals surface area contributed by atoms with Gasteiger partial charge in [-0.15, -0.1) is 0 Å². The summed E-state index contributed by atoms with van der Waals surface area (Å²) in [5, 5.41) is 0. The van der Waals surface area contributed by atoms with E-state index in [1.54, 1.807) is 19.2 Å². The fourth-order valence-corrected chi connectivity index (χ4v) is 1.47. The first-order valence-electron chi connectivity index (χ1n) is 4.97. The fraction of sp³-hybridized carbons (Fsp3) is 0.417. The predicted molar refractivity (Wildman–Crippen MR) is 67.9 cm³/mol. The molecule has 0 spiro atoms. The van der Waals surface area contributed by atoms with Gasteiger partial charge in [-0.1, -0.05) is 0 Å². The molecule has 1 aromatic rings. The van der Waals surface area contributed by atoms with E-state index in [-0.39, 0.29) is 10.6 Å². The number of halogens is 1. The summed E-state index contributed by atoms with van der Waals surface area (Å²) in [4.78, 5) is 0. The summed E-state index contributed by atoms with van der Waals surface area (Å²) in [7, 11) is 1.55. The standard InChI is InChI=1S/C12H16FNOS/c1-12(2,3)16-14-8-9-7-10(15-4)5-6-11(9)13/h5-8H,1-4H3. The Morgan fingerprint density at radius 3 is 2.62 bits per heavy atom. The molecular weight excluding hydrogens is 225 g/mol. The minimum Gasteiger partial charge on any atom is -0.497 e. The summed E-state index contributed by atoms with van der Waals surface area (Å²) in [5.41, 5.74) is 0.441. The lowest BCUT2D eigenvalue weighted by atomic mass is 10.2. The number of benzene rings is 1. The lowest BCUT2D eigenvalue weighted by Gasteiger charge is -2.12. The van der Waals surface area contributed by atoms with Gasteiger partial charge in [-0.2, -0.15) is 0 Å². The molecule has 0 bridgehead atoms. The van der Waals surface area contributed by atoms with E-state index in [4.69, 9.17) is 4.74 Å². The highest BCUT2D eigenvalue weighted by atomic mass is 32.2. The van der Waals surface area contributed by atoms with E-state index < -0.39 is 0 Å². The summed E-state index contributed by atoms with van der Waals surface area (Å²) in [6.07, 6.45) is 1.52. The van der Waals surface area contributed by atoms with Crippen molar-refractivity contribution in [3.05, 3.63) is 29.6 Å². The van der Waals surface area contributed by atoms with E-state index in [1.807, 2.05) is 0 Å². The van der Waals surface area contributed by atoms with Gasteiger partial charge in [0.2, 0.25) is 0 Å². The first kappa shape index (κ1) is 13.0. The second kappa shape index (κ2) is 5.34. The van der Waals surface area contributed by atoms with Crippen molar-refractivity contribution in [3.8, 4) is 5.75 Å². The number of ether oxygens (including phenoxy) is 1. The molecule has 0 N–H and O–H groups in total. The van der Waals surface area contributed by atoms with Crippen LogP contribution in [0.2, 0.25) is 0 Å². The quantitative estimate of drug-likeness (QED) is 0.594. The largest absolute Gasteiger partial charge is 0.497 e. The Bertz CT molecular complexity index is 385. The van der Waals surface area contributed by atoms with Gasteiger partial charge in [-0.25, -0.2) is 8.79 Å². The molecule has 1 aromatic carbocycles. The average molecular weight is 241 g/mol. The van der Waals surface area contributed by atoms with Crippen molar-refractivity contribution in [2.75, 3.05) is 7.11 Å². The van der Waals surface area contributed by atoms with Gasteiger partial charge in [0.05, 0.1) is 7.11 Å². The molecule has 2 nitrogen and oxygen atoms in total. The third-order valence-corrected chi connectivity index (χ3v) is 2.48. The third kappa shape index (κ3) is 4.23. The maximum atomic E-state index is 13.4. The van der Waals surface area contributed by atoms with Crippen molar-refractivity contribution in [2.45, 2.75) is 25.5 Å². The Morgan fingerprint density at radius 1 is 1.38 bits per heavy atom. The van der Waals surface area contributed by atoms with Crippen LogP contribution >= 0.6 is 11.9 Å². The maximum Gasteiger partial charge on any atom is 0.132 e. The van der Waals surface area contributed by atoms with Crippen molar-refractivity contribution < 1.29 is 9.13 Å². The van der Waals surface area contributed by atoms with Gasteiger partial charge in [-0.05, 0) is 50.9 Å². The van der Waals surface area contributed by atoms with Crippen LogP contribution in [0.15, 0.2) is 22.6 Å². The van der Waals surface area contributed by atoms with Crippen molar-refractivity contribution in [2.24, 2.45) is 4.40 Å². The second-order valence-corrected chi connectivity index (χ2v) is 5.94. The zero-order valence-electron chi connectivity index (χ0n) is 9.95. The third-order valence-electron chi connectivity index (χ3n) is 1.72. The zero-order chi connectivity index (χ0) is 12.2. The minimum atomic E-state index is -0.293. The molecule has 0 saturated heterocycles. The molecule has 0 aliphatic carbocycles. The van der Waals surface area contributed by atoms with E-state index in [9.17, 15) is 4.39 Å². The van der Waals surface area contributed by atoms with Crippen LogP contribution < -0.4 is 4.74 Å². The van der Waals surface area contributed by atoms with Gasteiger partial charge in [0.25, 0.3) is 0 Å². The predicted octanol–water partition coefficient (Wildman–Crippen LogP) is 3.70. The van der Waals surface area contributed by atoms with Crippen LogP contribution in [-0.2, 0) is 0 Å². The van der Waals surface area contributed by atoms with Gasteiger partial charge < -0.3 is 4.74 Å².